The molecule has 1 aliphatic rings. The number of carbonyl (C=O) groups excluding carboxylic acids is 2. The summed E-state index contributed by atoms with van der Waals surface area (Å²) in [5, 5.41) is 12.8. The van der Waals surface area contributed by atoms with Gasteiger partial charge in [-0.05, 0) is 27.2 Å². The predicted octanol–water partition coefficient (Wildman–Crippen LogP) is 0.594. The average Bonchev–Trinajstić information content (AvgIpc) is 2.75. The molecular weight excluding hydrogens is 266 g/mol. The first-order chi connectivity index (χ1) is 9.18. The molecule has 1 heterocycles. The van der Waals surface area contributed by atoms with Gasteiger partial charge in [-0.25, -0.2) is 4.79 Å². The molecule has 0 radical (unpaired) electrons. The van der Waals surface area contributed by atoms with Crippen molar-refractivity contribution in [1.29, 1.82) is 0 Å². The van der Waals surface area contributed by atoms with E-state index in [-0.39, 0.29) is 13.0 Å². The largest absolute Gasteiger partial charge is 0.469 e. The molecule has 1 saturated heterocycles. The van der Waals surface area contributed by atoms with Crippen LogP contribution in [0.25, 0.3) is 0 Å². The van der Waals surface area contributed by atoms with E-state index in [4.69, 9.17) is 9.47 Å². The molecule has 2 atom stereocenters. The fraction of sp³-hybridized carbons (Fsp3) is 0.846. The van der Waals surface area contributed by atoms with E-state index in [0.717, 1.165) is 0 Å². The second-order valence-corrected chi connectivity index (χ2v) is 5.88. The second kappa shape index (κ2) is 6.41. The van der Waals surface area contributed by atoms with Crippen LogP contribution in [0, 0.1) is 0 Å². The number of rotatable bonds is 4. The maximum Gasteiger partial charge on any atom is 0.408 e. The van der Waals surface area contributed by atoms with Gasteiger partial charge in [-0.15, -0.1) is 0 Å². The van der Waals surface area contributed by atoms with E-state index in [1.165, 1.54) is 7.11 Å². The summed E-state index contributed by atoms with van der Waals surface area (Å²) in [4.78, 5) is 23.1. The zero-order valence-electron chi connectivity index (χ0n) is 12.4. The number of amides is 1. The van der Waals surface area contributed by atoms with Crippen molar-refractivity contribution in [3.63, 3.8) is 0 Å². The number of aliphatic hydroxyl groups is 1. The highest BCUT2D eigenvalue weighted by atomic mass is 16.6. The van der Waals surface area contributed by atoms with Gasteiger partial charge >= 0.3 is 12.1 Å². The Bertz CT molecular complexity index is 356. The SMILES string of the molecule is COC(=O)CC(O)C1(NC(=O)OC(C)(C)C)CCOC1. The minimum atomic E-state index is -1.09. The highest BCUT2D eigenvalue weighted by molar-refractivity contribution is 5.71. The Morgan fingerprint density at radius 3 is 2.55 bits per heavy atom. The first kappa shape index (κ1) is 16.7. The van der Waals surface area contributed by atoms with Gasteiger partial charge in [0, 0.05) is 6.61 Å². The van der Waals surface area contributed by atoms with Crippen molar-refractivity contribution in [2.45, 2.75) is 50.9 Å². The van der Waals surface area contributed by atoms with Gasteiger partial charge in [0.05, 0.1) is 31.8 Å². The van der Waals surface area contributed by atoms with E-state index in [9.17, 15) is 14.7 Å². The van der Waals surface area contributed by atoms with Crippen LogP contribution < -0.4 is 5.32 Å². The smallest absolute Gasteiger partial charge is 0.408 e. The van der Waals surface area contributed by atoms with E-state index >= 15 is 0 Å². The van der Waals surface area contributed by atoms with E-state index in [0.29, 0.717) is 13.0 Å². The van der Waals surface area contributed by atoms with Gasteiger partial charge in [0.25, 0.3) is 0 Å². The summed E-state index contributed by atoms with van der Waals surface area (Å²) >= 11 is 0. The van der Waals surface area contributed by atoms with Crippen LogP contribution in [0.1, 0.15) is 33.6 Å². The number of hydrogen-bond acceptors (Lipinski definition) is 6. The molecule has 1 aliphatic heterocycles. The molecule has 2 unspecified atom stereocenters. The molecule has 0 aromatic carbocycles. The quantitative estimate of drug-likeness (QED) is 0.736. The summed E-state index contributed by atoms with van der Waals surface area (Å²) in [6.45, 7) is 5.76. The van der Waals surface area contributed by atoms with Crippen LogP contribution >= 0.6 is 0 Å². The molecule has 0 bridgehead atoms. The molecule has 7 nitrogen and oxygen atoms in total. The predicted molar refractivity (Wildman–Crippen MR) is 70.2 cm³/mol. The zero-order chi connectivity index (χ0) is 15.4. The first-order valence-corrected chi connectivity index (χ1v) is 6.52. The third kappa shape index (κ3) is 4.64. The fourth-order valence-corrected chi connectivity index (χ4v) is 1.97. The molecule has 0 aromatic rings. The molecule has 2 N–H and O–H groups in total. The fourth-order valence-electron chi connectivity index (χ4n) is 1.97. The number of aliphatic hydroxyl groups excluding tert-OH is 1. The Balaban J connectivity index is 2.72. The molecule has 0 spiro atoms. The van der Waals surface area contributed by atoms with E-state index in [1.54, 1.807) is 20.8 Å². The lowest BCUT2D eigenvalue weighted by Gasteiger charge is -2.34. The van der Waals surface area contributed by atoms with Gasteiger partial charge in [-0.1, -0.05) is 0 Å². The Morgan fingerprint density at radius 2 is 2.10 bits per heavy atom. The van der Waals surface area contributed by atoms with Gasteiger partial charge in [0.1, 0.15) is 5.60 Å². The van der Waals surface area contributed by atoms with Crippen LogP contribution in [0.2, 0.25) is 0 Å². The highest BCUT2D eigenvalue weighted by Gasteiger charge is 2.44. The molecule has 20 heavy (non-hydrogen) atoms. The summed E-state index contributed by atoms with van der Waals surface area (Å²) in [7, 11) is 1.24. The Labute approximate surface area is 118 Å². The van der Waals surface area contributed by atoms with E-state index < -0.39 is 29.3 Å². The molecule has 116 valence electrons. The van der Waals surface area contributed by atoms with Gasteiger partial charge in [0.15, 0.2) is 0 Å². The Hall–Kier alpha value is -1.34. The first-order valence-electron chi connectivity index (χ1n) is 6.52. The summed E-state index contributed by atoms with van der Waals surface area (Å²) in [6.07, 6.45) is -1.54. The third-order valence-corrected chi connectivity index (χ3v) is 3.03. The molecular formula is C13H23NO6. The zero-order valence-corrected chi connectivity index (χ0v) is 12.4. The lowest BCUT2D eigenvalue weighted by atomic mass is 9.89. The van der Waals surface area contributed by atoms with Crippen LogP contribution in [0.15, 0.2) is 0 Å². The van der Waals surface area contributed by atoms with Gasteiger partial charge in [-0.3, -0.25) is 4.79 Å². The van der Waals surface area contributed by atoms with Crippen molar-refractivity contribution in [1.82, 2.24) is 5.32 Å². The number of alkyl carbamates (subject to hydrolysis) is 1. The summed E-state index contributed by atoms with van der Waals surface area (Å²) in [5.41, 5.74) is -1.66. The lowest BCUT2D eigenvalue weighted by Crippen LogP contribution is -2.58. The number of nitrogens with one attached hydrogen (secondary N) is 1. The van der Waals surface area contributed by atoms with E-state index in [1.807, 2.05) is 0 Å². The van der Waals surface area contributed by atoms with Crippen LogP contribution in [-0.2, 0) is 19.0 Å². The number of methoxy groups -OCH3 is 1. The Kier molecular flexibility index (Phi) is 5.35. The Morgan fingerprint density at radius 1 is 1.45 bits per heavy atom. The van der Waals surface area contributed by atoms with Gasteiger partial charge in [-0.2, -0.15) is 0 Å². The number of ether oxygens (including phenoxy) is 3. The molecule has 0 aromatic heterocycles. The number of hydrogen-bond donors (Lipinski definition) is 2. The average molecular weight is 289 g/mol. The molecule has 0 saturated carbocycles. The van der Waals surface area contributed by atoms with Crippen molar-refractivity contribution in [3.05, 3.63) is 0 Å². The second-order valence-electron chi connectivity index (χ2n) is 5.88. The summed E-state index contributed by atoms with van der Waals surface area (Å²) in [6, 6.07) is 0. The minimum Gasteiger partial charge on any atom is -0.469 e. The summed E-state index contributed by atoms with van der Waals surface area (Å²) < 4.78 is 14.9. The van der Waals surface area contributed by atoms with Crippen LogP contribution in [0.3, 0.4) is 0 Å². The van der Waals surface area contributed by atoms with Gasteiger partial charge < -0.3 is 24.6 Å². The van der Waals surface area contributed by atoms with Crippen molar-refractivity contribution >= 4 is 12.1 Å². The summed E-state index contributed by atoms with van der Waals surface area (Å²) in [5.74, 6) is -0.547. The normalized spacial score (nSPS) is 24.1. The maximum atomic E-state index is 11.9. The van der Waals surface area contributed by atoms with E-state index in [2.05, 4.69) is 10.1 Å². The maximum absolute atomic E-state index is 11.9. The monoisotopic (exact) mass is 289 g/mol. The minimum absolute atomic E-state index is 0.129. The molecule has 0 aliphatic carbocycles. The van der Waals surface area contributed by atoms with Crippen molar-refractivity contribution in [2.75, 3.05) is 20.3 Å². The van der Waals surface area contributed by atoms with Crippen molar-refractivity contribution in [3.8, 4) is 0 Å². The van der Waals surface area contributed by atoms with Crippen LogP contribution in [0.4, 0.5) is 4.79 Å². The van der Waals surface area contributed by atoms with Gasteiger partial charge in [0.2, 0.25) is 0 Å². The van der Waals surface area contributed by atoms with Crippen molar-refractivity contribution < 1.29 is 28.9 Å². The number of esters is 1. The number of carbonyl (C=O) groups is 2. The van der Waals surface area contributed by atoms with Crippen LogP contribution in [0.5, 0.6) is 0 Å². The standard InChI is InChI=1S/C13H23NO6/c1-12(2,3)20-11(17)14-13(5-6-19-8-13)9(15)7-10(16)18-4/h9,15H,5-8H2,1-4H3,(H,14,17). The third-order valence-electron chi connectivity index (χ3n) is 3.03. The highest BCUT2D eigenvalue weighted by Crippen LogP contribution is 2.25. The molecule has 1 amide bonds. The molecule has 7 heteroatoms. The topological polar surface area (TPSA) is 94.1 Å². The van der Waals surface area contributed by atoms with Crippen molar-refractivity contribution in [2.24, 2.45) is 0 Å². The van der Waals surface area contributed by atoms with Crippen LogP contribution in [-0.4, -0.2) is 54.7 Å². The molecule has 1 fully saturated rings. The lowest BCUT2D eigenvalue weighted by molar-refractivity contribution is -0.144. The molecule has 1 rings (SSSR count).